The molecule has 152 valence electrons. The molecule has 2 aromatic rings. The first-order valence-corrected chi connectivity index (χ1v) is 10.5. The lowest BCUT2D eigenvalue weighted by Gasteiger charge is -2.22. The highest BCUT2D eigenvalue weighted by molar-refractivity contribution is 8.16. The number of amidine groups is 2. The molecule has 1 amide bonds. The van der Waals surface area contributed by atoms with Crippen molar-refractivity contribution in [3.63, 3.8) is 0 Å². The molecule has 0 saturated heterocycles. The third-order valence-corrected chi connectivity index (χ3v) is 5.39. The van der Waals surface area contributed by atoms with E-state index >= 15 is 0 Å². The minimum Gasteiger partial charge on any atom is -0.493 e. The lowest BCUT2D eigenvalue weighted by Crippen LogP contribution is -2.35. The van der Waals surface area contributed by atoms with Crippen molar-refractivity contribution >= 4 is 46.3 Å². The first-order chi connectivity index (χ1) is 14.6. The van der Waals surface area contributed by atoms with E-state index in [-0.39, 0.29) is 11.4 Å². The largest absolute Gasteiger partial charge is 0.493 e. The Morgan fingerprint density at radius 3 is 2.73 bits per heavy atom. The SMILES string of the molecule is N=C1/C(=C/c2ccc(OCCCOc3ccccc3)c(Cl)c2)C(=O)N=C2SC=CN12. The van der Waals surface area contributed by atoms with Crippen LogP contribution in [0.3, 0.4) is 0 Å². The summed E-state index contributed by atoms with van der Waals surface area (Å²) in [6.45, 7) is 1.01. The van der Waals surface area contributed by atoms with Gasteiger partial charge in [0.2, 0.25) is 0 Å². The van der Waals surface area contributed by atoms with Crippen molar-refractivity contribution in [3.8, 4) is 11.5 Å². The molecule has 2 aliphatic rings. The Labute approximate surface area is 183 Å². The van der Waals surface area contributed by atoms with Crippen molar-refractivity contribution in [2.75, 3.05) is 13.2 Å². The third kappa shape index (κ3) is 4.58. The van der Waals surface area contributed by atoms with Gasteiger partial charge >= 0.3 is 0 Å². The van der Waals surface area contributed by atoms with Gasteiger partial charge in [-0.15, -0.1) is 0 Å². The molecule has 30 heavy (non-hydrogen) atoms. The number of amides is 1. The van der Waals surface area contributed by atoms with E-state index in [2.05, 4.69) is 4.99 Å². The number of benzene rings is 2. The number of carbonyl (C=O) groups excluding carboxylic acids is 1. The predicted octanol–water partition coefficient (Wildman–Crippen LogP) is 4.96. The van der Waals surface area contributed by atoms with Crippen LogP contribution >= 0.6 is 23.4 Å². The maximum Gasteiger partial charge on any atom is 0.283 e. The maximum atomic E-state index is 12.3. The van der Waals surface area contributed by atoms with Crippen molar-refractivity contribution in [2.24, 2.45) is 4.99 Å². The highest BCUT2D eigenvalue weighted by atomic mass is 35.5. The molecule has 2 aromatic carbocycles. The Hall–Kier alpha value is -3.03. The monoisotopic (exact) mass is 439 g/mol. The van der Waals surface area contributed by atoms with Gasteiger partial charge < -0.3 is 9.47 Å². The number of hydrogen-bond acceptors (Lipinski definition) is 5. The molecule has 4 rings (SSSR count). The molecule has 0 radical (unpaired) electrons. The van der Waals surface area contributed by atoms with Crippen molar-refractivity contribution in [1.82, 2.24) is 4.90 Å². The third-order valence-electron chi connectivity index (χ3n) is 4.34. The van der Waals surface area contributed by atoms with Gasteiger partial charge in [-0.1, -0.05) is 47.6 Å². The van der Waals surface area contributed by atoms with Gasteiger partial charge in [0.15, 0.2) is 5.17 Å². The smallest absolute Gasteiger partial charge is 0.283 e. The quantitative estimate of drug-likeness (QED) is 0.487. The fraction of sp³-hybridized carbons (Fsp3) is 0.136. The second-order valence-corrected chi connectivity index (χ2v) is 7.71. The first-order valence-electron chi connectivity index (χ1n) is 9.28. The first kappa shape index (κ1) is 20.3. The molecule has 0 unspecified atom stereocenters. The van der Waals surface area contributed by atoms with E-state index in [0.717, 1.165) is 5.75 Å². The highest BCUT2D eigenvalue weighted by Gasteiger charge is 2.30. The average molecular weight is 440 g/mol. The molecular formula is C22H18ClN3O3S. The van der Waals surface area contributed by atoms with E-state index in [0.29, 0.717) is 41.1 Å². The van der Waals surface area contributed by atoms with Crippen LogP contribution in [0.15, 0.2) is 70.7 Å². The van der Waals surface area contributed by atoms with Crippen molar-refractivity contribution in [2.45, 2.75) is 6.42 Å². The standard InChI is InChI=1S/C22H18ClN3O3S/c23-18-14-15(13-17-20(24)26-9-12-30-22(26)25-21(17)27)7-8-19(18)29-11-4-10-28-16-5-2-1-3-6-16/h1-3,5-9,12-14,24H,4,10-11H2/b17-13-,24-20?. The van der Waals surface area contributed by atoms with Gasteiger partial charge in [0.1, 0.15) is 17.3 Å². The van der Waals surface area contributed by atoms with E-state index in [4.69, 9.17) is 26.5 Å². The molecule has 1 N–H and O–H groups in total. The Kier molecular flexibility index (Phi) is 6.21. The maximum absolute atomic E-state index is 12.3. The molecule has 2 heterocycles. The number of carbonyl (C=O) groups is 1. The van der Waals surface area contributed by atoms with Crippen LogP contribution in [0.4, 0.5) is 0 Å². The van der Waals surface area contributed by atoms with Gasteiger partial charge in [-0.2, -0.15) is 4.99 Å². The Morgan fingerprint density at radius 1 is 1.13 bits per heavy atom. The lowest BCUT2D eigenvalue weighted by atomic mass is 10.1. The summed E-state index contributed by atoms with van der Waals surface area (Å²) in [5, 5.41) is 11.0. The molecular weight excluding hydrogens is 422 g/mol. The summed E-state index contributed by atoms with van der Waals surface area (Å²) in [6, 6.07) is 14.9. The minimum atomic E-state index is -0.433. The number of halogens is 1. The summed E-state index contributed by atoms with van der Waals surface area (Å²) in [6.07, 6.45) is 4.05. The normalized spacial score (nSPS) is 16.6. The Bertz CT molecular complexity index is 1070. The number of thioether (sulfide) groups is 1. The number of para-hydroxylation sites is 1. The molecule has 6 nitrogen and oxygen atoms in total. The molecule has 0 atom stereocenters. The van der Waals surface area contributed by atoms with Crippen molar-refractivity contribution in [3.05, 3.63) is 76.3 Å². The number of nitrogens with zero attached hydrogens (tertiary/aromatic N) is 2. The van der Waals surface area contributed by atoms with Crippen LogP contribution in [0.25, 0.3) is 6.08 Å². The van der Waals surface area contributed by atoms with E-state index in [9.17, 15) is 4.79 Å². The molecule has 0 aliphatic carbocycles. The second-order valence-electron chi connectivity index (χ2n) is 6.43. The minimum absolute atomic E-state index is 0.0983. The van der Waals surface area contributed by atoms with Gasteiger partial charge in [-0.3, -0.25) is 15.1 Å². The summed E-state index contributed by atoms with van der Waals surface area (Å²) in [5.41, 5.74) is 0.913. The van der Waals surface area contributed by atoms with E-state index in [1.165, 1.54) is 11.8 Å². The zero-order valence-electron chi connectivity index (χ0n) is 15.9. The van der Waals surface area contributed by atoms with E-state index < -0.39 is 5.91 Å². The summed E-state index contributed by atoms with van der Waals surface area (Å²) >= 11 is 7.66. The van der Waals surface area contributed by atoms with Crippen LogP contribution < -0.4 is 9.47 Å². The molecule has 0 fully saturated rings. The van der Waals surface area contributed by atoms with Crippen LogP contribution in [-0.4, -0.2) is 35.0 Å². The van der Waals surface area contributed by atoms with Crippen molar-refractivity contribution in [1.29, 1.82) is 5.41 Å². The highest BCUT2D eigenvalue weighted by Crippen LogP contribution is 2.30. The molecule has 0 spiro atoms. The van der Waals surface area contributed by atoms with Crippen LogP contribution in [-0.2, 0) is 4.79 Å². The Morgan fingerprint density at radius 2 is 1.93 bits per heavy atom. The van der Waals surface area contributed by atoms with Crippen LogP contribution in [0.5, 0.6) is 11.5 Å². The van der Waals surface area contributed by atoms with E-state index in [1.807, 2.05) is 30.3 Å². The number of aliphatic imine (C=N–C) groups is 1. The summed E-state index contributed by atoms with van der Waals surface area (Å²) in [5.74, 6) is 1.05. The fourth-order valence-corrected chi connectivity index (χ4v) is 3.82. The molecule has 8 heteroatoms. The van der Waals surface area contributed by atoms with Crippen molar-refractivity contribution < 1.29 is 14.3 Å². The van der Waals surface area contributed by atoms with Gasteiger partial charge in [-0.05, 0) is 41.3 Å². The zero-order chi connectivity index (χ0) is 20.9. The molecule has 2 aliphatic heterocycles. The number of fused-ring (bicyclic) bond motifs is 1. The number of rotatable bonds is 7. The summed E-state index contributed by atoms with van der Waals surface area (Å²) < 4.78 is 11.4. The number of nitrogens with one attached hydrogen (secondary N) is 1. The molecule has 0 bridgehead atoms. The summed E-state index contributed by atoms with van der Waals surface area (Å²) in [4.78, 5) is 17.9. The predicted molar refractivity (Wildman–Crippen MR) is 120 cm³/mol. The second kappa shape index (κ2) is 9.19. The van der Waals surface area contributed by atoms with Gasteiger partial charge in [0.25, 0.3) is 5.91 Å². The van der Waals surface area contributed by atoms with Gasteiger partial charge in [-0.25, -0.2) is 0 Å². The summed E-state index contributed by atoms with van der Waals surface area (Å²) in [7, 11) is 0. The Balaban J connectivity index is 1.35. The lowest BCUT2D eigenvalue weighted by molar-refractivity contribution is -0.114. The van der Waals surface area contributed by atoms with Crippen LogP contribution in [0.2, 0.25) is 5.02 Å². The molecule has 0 saturated carbocycles. The fourth-order valence-electron chi connectivity index (χ4n) is 2.87. The van der Waals surface area contributed by atoms with Gasteiger partial charge in [0.05, 0.1) is 23.8 Å². The average Bonchev–Trinajstić information content (AvgIpc) is 3.21. The van der Waals surface area contributed by atoms with Crippen LogP contribution in [0, 0.1) is 5.41 Å². The molecule has 0 aromatic heterocycles. The topological polar surface area (TPSA) is 75.0 Å². The van der Waals surface area contributed by atoms with Crippen LogP contribution in [0.1, 0.15) is 12.0 Å². The number of hydrogen-bond donors (Lipinski definition) is 1. The zero-order valence-corrected chi connectivity index (χ0v) is 17.4. The number of ether oxygens (including phenoxy) is 2. The van der Waals surface area contributed by atoms with E-state index in [1.54, 1.807) is 40.8 Å². The van der Waals surface area contributed by atoms with Gasteiger partial charge in [0, 0.05) is 12.6 Å².